The van der Waals surface area contributed by atoms with Crippen molar-refractivity contribution in [1.29, 1.82) is 0 Å². The smallest absolute Gasteiger partial charge is 0.289 e. The molecular formula is C13H15N3O4. The number of amides is 1. The van der Waals surface area contributed by atoms with Crippen LogP contribution in [0, 0.1) is 0 Å². The molecule has 3 heterocycles. The molecule has 20 heavy (non-hydrogen) atoms. The van der Waals surface area contributed by atoms with E-state index in [1.165, 1.54) is 4.90 Å². The van der Waals surface area contributed by atoms with Gasteiger partial charge in [-0.25, -0.2) is 0 Å². The lowest BCUT2D eigenvalue weighted by Gasteiger charge is -2.13. The maximum atomic E-state index is 12.1. The molecule has 0 aromatic carbocycles. The number of rotatable bonds is 3. The molecule has 1 saturated heterocycles. The van der Waals surface area contributed by atoms with Crippen LogP contribution >= 0.6 is 0 Å². The van der Waals surface area contributed by atoms with Crippen molar-refractivity contribution in [1.82, 2.24) is 14.7 Å². The highest BCUT2D eigenvalue weighted by molar-refractivity contribution is 5.91. The molecule has 2 atom stereocenters. The molecule has 2 aromatic rings. The molecule has 0 spiro atoms. The first-order valence-electron chi connectivity index (χ1n) is 6.35. The van der Waals surface area contributed by atoms with E-state index in [4.69, 9.17) is 4.42 Å². The summed E-state index contributed by atoms with van der Waals surface area (Å²) >= 11 is 0. The van der Waals surface area contributed by atoms with Crippen LogP contribution in [0.3, 0.4) is 0 Å². The molecule has 1 aliphatic heterocycles. The zero-order valence-corrected chi connectivity index (χ0v) is 10.7. The summed E-state index contributed by atoms with van der Waals surface area (Å²) in [6.07, 6.45) is 1.69. The first-order chi connectivity index (χ1) is 9.63. The lowest BCUT2D eigenvalue weighted by atomic mass is 10.3. The highest BCUT2D eigenvalue weighted by atomic mass is 16.4. The third-order valence-corrected chi connectivity index (χ3v) is 3.30. The molecule has 7 nitrogen and oxygen atoms in total. The summed E-state index contributed by atoms with van der Waals surface area (Å²) < 4.78 is 7.18. The van der Waals surface area contributed by atoms with Crippen molar-refractivity contribution in [3.8, 4) is 0 Å². The monoisotopic (exact) mass is 277 g/mol. The van der Waals surface area contributed by atoms with Gasteiger partial charge in [0.2, 0.25) is 0 Å². The van der Waals surface area contributed by atoms with Crippen molar-refractivity contribution in [2.24, 2.45) is 0 Å². The standard InChI is InChI=1S/C13H15N3O4/c17-10-7-15(8-11(10)18)13(19)12-3-2-9(20-12)6-16-5-1-4-14-16/h1-5,10-11,17-18H,6-8H2/t10-,11+. The van der Waals surface area contributed by atoms with Gasteiger partial charge in [-0.2, -0.15) is 5.10 Å². The van der Waals surface area contributed by atoms with E-state index in [2.05, 4.69) is 5.10 Å². The van der Waals surface area contributed by atoms with Crippen molar-refractivity contribution < 1.29 is 19.4 Å². The lowest BCUT2D eigenvalue weighted by molar-refractivity contribution is 0.0572. The minimum Gasteiger partial charge on any atom is -0.454 e. The van der Waals surface area contributed by atoms with Gasteiger partial charge < -0.3 is 19.5 Å². The zero-order valence-electron chi connectivity index (χ0n) is 10.7. The Balaban J connectivity index is 1.69. The molecule has 7 heteroatoms. The normalized spacial score (nSPS) is 22.4. The van der Waals surface area contributed by atoms with Crippen LogP contribution in [0.1, 0.15) is 16.3 Å². The van der Waals surface area contributed by atoms with Gasteiger partial charge in [-0.15, -0.1) is 0 Å². The van der Waals surface area contributed by atoms with Crippen LogP contribution in [0.15, 0.2) is 35.0 Å². The van der Waals surface area contributed by atoms with E-state index in [-0.39, 0.29) is 24.8 Å². The molecule has 1 amide bonds. The van der Waals surface area contributed by atoms with Gasteiger partial charge in [0.15, 0.2) is 5.76 Å². The third kappa shape index (κ3) is 2.45. The summed E-state index contributed by atoms with van der Waals surface area (Å²) in [5.41, 5.74) is 0. The predicted octanol–water partition coefficient (Wildman–Crippen LogP) is -0.298. The second kappa shape index (κ2) is 5.10. The van der Waals surface area contributed by atoms with E-state index in [1.807, 2.05) is 6.07 Å². The average molecular weight is 277 g/mol. The van der Waals surface area contributed by atoms with Crippen molar-refractivity contribution >= 4 is 5.91 Å². The largest absolute Gasteiger partial charge is 0.454 e. The second-order valence-corrected chi connectivity index (χ2v) is 4.81. The van der Waals surface area contributed by atoms with Crippen LogP contribution in [0.2, 0.25) is 0 Å². The molecule has 0 bridgehead atoms. The predicted molar refractivity (Wildman–Crippen MR) is 68.0 cm³/mol. The summed E-state index contributed by atoms with van der Waals surface area (Å²) in [6.45, 7) is 0.690. The fourth-order valence-electron chi connectivity index (χ4n) is 2.22. The molecule has 1 fully saturated rings. The Bertz CT molecular complexity index is 583. The van der Waals surface area contributed by atoms with E-state index in [0.29, 0.717) is 12.3 Å². The van der Waals surface area contributed by atoms with E-state index in [0.717, 1.165) is 0 Å². The highest BCUT2D eigenvalue weighted by Crippen LogP contribution is 2.16. The van der Waals surface area contributed by atoms with Crippen LogP contribution in [0.5, 0.6) is 0 Å². The molecule has 2 aromatic heterocycles. The van der Waals surface area contributed by atoms with Crippen LogP contribution in [0.25, 0.3) is 0 Å². The summed E-state index contributed by atoms with van der Waals surface area (Å²) in [5.74, 6) is 0.498. The van der Waals surface area contributed by atoms with Gasteiger partial charge in [-0.1, -0.05) is 0 Å². The van der Waals surface area contributed by atoms with Crippen LogP contribution in [-0.2, 0) is 6.54 Å². The number of likely N-dealkylation sites (tertiary alicyclic amines) is 1. The maximum Gasteiger partial charge on any atom is 0.289 e. The summed E-state index contributed by atoms with van der Waals surface area (Å²) in [5, 5.41) is 23.0. The minimum absolute atomic E-state index is 0.120. The Kier molecular flexibility index (Phi) is 3.29. The van der Waals surface area contributed by atoms with Gasteiger partial charge in [-0.05, 0) is 18.2 Å². The number of carbonyl (C=O) groups excluding carboxylic acids is 1. The van der Waals surface area contributed by atoms with Gasteiger partial charge in [0.25, 0.3) is 5.91 Å². The molecular weight excluding hydrogens is 262 g/mol. The Morgan fingerprint density at radius 1 is 1.35 bits per heavy atom. The van der Waals surface area contributed by atoms with Crippen LogP contribution in [0.4, 0.5) is 0 Å². The number of aliphatic hydroxyl groups is 2. The Morgan fingerprint density at radius 3 is 2.75 bits per heavy atom. The second-order valence-electron chi connectivity index (χ2n) is 4.81. The highest BCUT2D eigenvalue weighted by Gasteiger charge is 2.34. The SMILES string of the molecule is O=C(c1ccc(Cn2cccn2)o1)N1C[C@@H](O)[C@@H](O)C1. The van der Waals surface area contributed by atoms with Gasteiger partial charge in [0, 0.05) is 25.5 Å². The zero-order chi connectivity index (χ0) is 14.1. The van der Waals surface area contributed by atoms with E-state index in [9.17, 15) is 15.0 Å². The van der Waals surface area contributed by atoms with E-state index < -0.39 is 12.2 Å². The summed E-state index contributed by atoms with van der Waals surface area (Å²) in [6, 6.07) is 5.12. The van der Waals surface area contributed by atoms with Crippen molar-refractivity contribution in [2.45, 2.75) is 18.8 Å². The first kappa shape index (κ1) is 12.9. The number of furan rings is 1. The Hall–Kier alpha value is -2.12. The fraction of sp³-hybridized carbons (Fsp3) is 0.385. The fourth-order valence-corrected chi connectivity index (χ4v) is 2.22. The third-order valence-electron chi connectivity index (χ3n) is 3.30. The van der Waals surface area contributed by atoms with Gasteiger partial charge in [0.1, 0.15) is 5.76 Å². The topological polar surface area (TPSA) is 91.7 Å². The van der Waals surface area contributed by atoms with Crippen molar-refractivity contribution in [3.05, 3.63) is 42.1 Å². The van der Waals surface area contributed by atoms with Gasteiger partial charge >= 0.3 is 0 Å². The van der Waals surface area contributed by atoms with Crippen molar-refractivity contribution in [3.63, 3.8) is 0 Å². The molecule has 3 rings (SSSR count). The van der Waals surface area contributed by atoms with E-state index in [1.54, 1.807) is 29.2 Å². The number of hydrogen-bond donors (Lipinski definition) is 2. The first-order valence-corrected chi connectivity index (χ1v) is 6.35. The number of aliphatic hydroxyl groups excluding tert-OH is 2. The number of β-amino-alcohol motifs (C(OH)–C–C–N with tert-alkyl or cyclic N) is 2. The Labute approximate surface area is 115 Å². The number of carbonyl (C=O) groups is 1. The molecule has 0 unspecified atom stereocenters. The van der Waals surface area contributed by atoms with Gasteiger partial charge in [-0.3, -0.25) is 9.48 Å². The number of nitrogens with zero attached hydrogens (tertiary/aromatic N) is 3. The molecule has 0 radical (unpaired) electrons. The Morgan fingerprint density at radius 2 is 2.10 bits per heavy atom. The molecule has 106 valence electrons. The molecule has 1 aliphatic rings. The number of hydrogen-bond acceptors (Lipinski definition) is 5. The van der Waals surface area contributed by atoms with Crippen LogP contribution in [-0.4, -0.2) is 56.1 Å². The van der Waals surface area contributed by atoms with Crippen molar-refractivity contribution in [2.75, 3.05) is 13.1 Å². The lowest BCUT2D eigenvalue weighted by Crippen LogP contribution is -2.29. The van der Waals surface area contributed by atoms with Gasteiger partial charge in [0.05, 0.1) is 18.8 Å². The maximum absolute atomic E-state index is 12.1. The quantitative estimate of drug-likeness (QED) is 0.804. The number of aromatic nitrogens is 2. The molecule has 2 N–H and O–H groups in total. The summed E-state index contributed by atoms with van der Waals surface area (Å²) in [7, 11) is 0. The summed E-state index contributed by atoms with van der Waals surface area (Å²) in [4.78, 5) is 13.5. The molecule has 0 saturated carbocycles. The van der Waals surface area contributed by atoms with E-state index >= 15 is 0 Å². The average Bonchev–Trinajstić information content (AvgIpc) is 3.13. The minimum atomic E-state index is -0.891. The molecule has 0 aliphatic carbocycles. The van der Waals surface area contributed by atoms with Crippen LogP contribution < -0.4 is 0 Å².